The Hall–Kier alpha value is -1.96. The number of phenols is 1. The van der Waals surface area contributed by atoms with Crippen molar-refractivity contribution >= 4 is 0 Å². The van der Waals surface area contributed by atoms with Gasteiger partial charge >= 0.3 is 0 Å². The van der Waals surface area contributed by atoms with E-state index >= 15 is 0 Å². The van der Waals surface area contributed by atoms with Gasteiger partial charge in [-0.3, -0.25) is 0 Å². The molecule has 0 fully saturated rings. The molecular weight excluding hydrogens is 236 g/mol. The molecule has 0 amide bonds. The SMILES string of the molecule is COc1ccc(-c2cccc(C(C)(C)C)c2O)cc1. The van der Waals surface area contributed by atoms with Crippen molar-refractivity contribution in [3.8, 4) is 22.6 Å². The van der Waals surface area contributed by atoms with E-state index in [1.165, 1.54) is 0 Å². The molecule has 2 rings (SSSR count). The molecule has 2 aromatic rings. The van der Waals surface area contributed by atoms with Gasteiger partial charge in [0.15, 0.2) is 0 Å². The number of para-hydroxylation sites is 1. The second-order valence-corrected chi connectivity index (χ2v) is 5.68. The maximum Gasteiger partial charge on any atom is 0.127 e. The minimum Gasteiger partial charge on any atom is -0.507 e. The van der Waals surface area contributed by atoms with E-state index in [2.05, 4.69) is 20.8 Å². The predicted octanol–water partition coefficient (Wildman–Crippen LogP) is 4.37. The lowest BCUT2D eigenvalue weighted by Gasteiger charge is -2.22. The van der Waals surface area contributed by atoms with Gasteiger partial charge < -0.3 is 9.84 Å². The Morgan fingerprint density at radius 2 is 1.58 bits per heavy atom. The standard InChI is InChI=1S/C17H20O2/c1-17(2,3)15-7-5-6-14(16(15)18)12-8-10-13(19-4)11-9-12/h5-11,18H,1-4H3. The summed E-state index contributed by atoms with van der Waals surface area (Å²) in [6.45, 7) is 6.29. The first-order chi connectivity index (χ1) is 8.93. The molecule has 2 aromatic carbocycles. The molecule has 0 unspecified atom stereocenters. The Bertz CT molecular complexity index is 563. The molecule has 2 nitrogen and oxygen atoms in total. The van der Waals surface area contributed by atoms with Crippen LogP contribution >= 0.6 is 0 Å². The summed E-state index contributed by atoms with van der Waals surface area (Å²) < 4.78 is 5.15. The molecule has 0 radical (unpaired) electrons. The maximum absolute atomic E-state index is 10.5. The third-order valence-electron chi connectivity index (χ3n) is 3.25. The topological polar surface area (TPSA) is 29.5 Å². The first kappa shape index (κ1) is 13.5. The van der Waals surface area contributed by atoms with Crippen LogP contribution in [0.25, 0.3) is 11.1 Å². The van der Waals surface area contributed by atoms with Gasteiger partial charge in [0.25, 0.3) is 0 Å². The van der Waals surface area contributed by atoms with Gasteiger partial charge in [0.1, 0.15) is 11.5 Å². The average molecular weight is 256 g/mol. The number of hydrogen-bond donors (Lipinski definition) is 1. The summed E-state index contributed by atoms with van der Waals surface area (Å²) in [4.78, 5) is 0. The second kappa shape index (κ2) is 4.96. The lowest BCUT2D eigenvalue weighted by molar-refractivity contribution is 0.415. The Labute approximate surface area is 114 Å². The molecule has 0 heterocycles. The number of methoxy groups -OCH3 is 1. The highest BCUT2D eigenvalue weighted by molar-refractivity contribution is 5.72. The second-order valence-electron chi connectivity index (χ2n) is 5.68. The molecule has 19 heavy (non-hydrogen) atoms. The quantitative estimate of drug-likeness (QED) is 0.864. The van der Waals surface area contributed by atoms with E-state index in [4.69, 9.17) is 4.74 Å². The van der Waals surface area contributed by atoms with E-state index in [-0.39, 0.29) is 5.41 Å². The first-order valence-corrected chi connectivity index (χ1v) is 6.40. The van der Waals surface area contributed by atoms with Crippen LogP contribution in [-0.2, 0) is 5.41 Å². The third-order valence-corrected chi connectivity index (χ3v) is 3.25. The van der Waals surface area contributed by atoms with Crippen LogP contribution in [-0.4, -0.2) is 12.2 Å². The summed E-state index contributed by atoms with van der Waals surface area (Å²) in [5, 5.41) is 10.5. The molecule has 0 aliphatic heterocycles. The van der Waals surface area contributed by atoms with E-state index in [9.17, 15) is 5.11 Å². The molecule has 0 aliphatic carbocycles. The zero-order valence-electron chi connectivity index (χ0n) is 11.9. The normalized spacial score (nSPS) is 11.4. The Balaban J connectivity index is 2.50. The minimum absolute atomic E-state index is 0.0768. The van der Waals surface area contributed by atoms with Gasteiger partial charge in [0.05, 0.1) is 7.11 Å². The van der Waals surface area contributed by atoms with Crippen LogP contribution in [0.2, 0.25) is 0 Å². The number of aromatic hydroxyl groups is 1. The molecule has 0 saturated heterocycles. The van der Waals surface area contributed by atoms with Crippen LogP contribution in [0.3, 0.4) is 0 Å². The predicted molar refractivity (Wildman–Crippen MR) is 78.8 cm³/mol. The van der Waals surface area contributed by atoms with Crippen molar-refractivity contribution in [3.05, 3.63) is 48.0 Å². The van der Waals surface area contributed by atoms with Gasteiger partial charge in [-0.25, -0.2) is 0 Å². The third kappa shape index (κ3) is 2.73. The van der Waals surface area contributed by atoms with Crippen molar-refractivity contribution in [2.45, 2.75) is 26.2 Å². The van der Waals surface area contributed by atoms with Crippen molar-refractivity contribution in [2.75, 3.05) is 7.11 Å². The Kier molecular flexibility index (Phi) is 3.52. The molecule has 2 heteroatoms. The van der Waals surface area contributed by atoms with Gasteiger partial charge in [-0.05, 0) is 28.7 Å². The number of ether oxygens (including phenoxy) is 1. The van der Waals surface area contributed by atoms with Gasteiger partial charge in [-0.15, -0.1) is 0 Å². The first-order valence-electron chi connectivity index (χ1n) is 6.40. The molecule has 100 valence electrons. The summed E-state index contributed by atoms with van der Waals surface area (Å²) in [6.07, 6.45) is 0. The van der Waals surface area contributed by atoms with Crippen molar-refractivity contribution in [2.24, 2.45) is 0 Å². The lowest BCUT2D eigenvalue weighted by Crippen LogP contribution is -2.11. The fourth-order valence-electron chi connectivity index (χ4n) is 2.15. The number of hydrogen-bond acceptors (Lipinski definition) is 2. The number of phenolic OH excluding ortho intramolecular Hbond substituents is 1. The van der Waals surface area contributed by atoms with Gasteiger partial charge in [0, 0.05) is 5.56 Å². The Morgan fingerprint density at radius 1 is 0.947 bits per heavy atom. The molecule has 1 N–H and O–H groups in total. The molecule has 0 aromatic heterocycles. The summed E-state index contributed by atoms with van der Waals surface area (Å²) in [5.74, 6) is 1.18. The van der Waals surface area contributed by atoms with Crippen LogP contribution in [0.15, 0.2) is 42.5 Å². The Morgan fingerprint density at radius 3 is 2.11 bits per heavy atom. The van der Waals surface area contributed by atoms with Crippen LogP contribution in [0.5, 0.6) is 11.5 Å². The van der Waals surface area contributed by atoms with Crippen LogP contribution in [0.1, 0.15) is 26.3 Å². The highest BCUT2D eigenvalue weighted by atomic mass is 16.5. The van der Waals surface area contributed by atoms with Crippen molar-refractivity contribution in [3.63, 3.8) is 0 Å². The fourth-order valence-corrected chi connectivity index (χ4v) is 2.15. The van der Waals surface area contributed by atoms with E-state index < -0.39 is 0 Å². The van der Waals surface area contributed by atoms with Gasteiger partial charge in [-0.2, -0.15) is 0 Å². The van der Waals surface area contributed by atoms with Gasteiger partial charge in [-0.1, -0.05) is 51.1 Å². The van der Waals surface area contributed by atoms with E-state index in [1.54, 1.807) is 7.11 Å². The summed E-state index contributed by atoms with van der Waals surface area (Å²) in [6, 6.07) is 13.6. The monoisotopic (exact) mass is 256 g/mol. The van der Waals surface area contributed by atoms with E-state index in [0.717, 1.165) is 22.4 Å². The lowest BCUT2D eigenvalue weighted by atomic mass is 9.84. The average Bonchev–Trinajstić information content (AvgIpc) is 2.38. The maximum atomic E-state index is 10.5. The van der Waals surface area contributed by atoms with Gasteiger partial charge in [0.2, 0.25) is 0 Å². The summed E-state index contributed by atoms with van der Waals surface area (Å²) in [7, 11) is 1.65. The fraction of sp³-hybridized carbons (Fsp3) is 0.294. The zero-order chi connectivity index (χ0) is 14.0. The molecule has 0 saturated carbocycles. The number of benzene rings is 2. The molecule has 0 bridgehead atoms. The smallest absolute Gasteiger partial charge is 0.127 e. The van der Waals surface area contributed by atoms with E-state index in [1.807, 2.05) is 42.5 Å². The van der Waals surface area contributed by atoms with Crippen molar-refractivity contribution < 1.29 is 9.84 Å². The van der Waals surface area contributed by atoms with Crippen LogP contribution in [0.4, 0.5) is 0 Å². The summed E-state index contributed by atoms with van der Waals surface area (Å²) >= 11 is 0. The zero-order valence-corrected chi connectivity index (χ0v) is 11.9. The van der Waals surface area contributed by atoms with Crippen molar-refractivity contribution in [1.29, 1.82) is 0 Å². The molecule has 0 aliphatic rings. The van der Waals surface area contributed by atoms with Crippen LogP contribution in [0, 0.1) is 0 Å². The molecule has 0 atom stereocenters. The highest BCUT2D eigenvalue weighted by Gasteiger charge is 2.20. The molecule has 0 spiro atoms. The van der Waals surface area contributed by atoms with Crippen LogP contribution < -0.4 is 4.74 Å². The number of rotatable bonds is 2. The van der Waals surface area contributed by atoms with E-state index in [0.29, 0.717) is 5.75 Å². The molecular formula is C17H20O2. The van der Waals surface area contributed by atoms with Crippen molar-refractivity contribution in [1.82, 2.24) is 0 Å². The highest BCUT2D eigenvalue weighted by Crippen LogP contribution is 2.38. The largest absolute Gasteiger partial charge is 0.507 e. The minimum atomic E-state index is -0.0768. The summed E-state index contributed by atoms with van der Waals surface area (Å²) in [5.41, 5.74) is 2.73.